The number of hydrogen-bond donors (Lipinski definition) is 1. The van der Waals surface area contributed by atoms with Crippen molar-refractivity contribution >= 4 is 5.91 Å². The monoisotopic (exact) mass is 366 g/mol. The molecule has 0 spiro atoms. The molecule has 27 heavy (non-hydrogen) atoms. The first-order valence-corrected chi connectivity index (χ1v) is 10.0. The van der Waals surface area contributed by atoms with Crippen molar-refractivity contribution in [2.24, 2.45) is 5.92 Å². The zero-order valence-corrected chi connectivity index (χ0v) is 15.5. The predicted octanol–water partition coefficient (Wildman–Crippen LogP) is 3.10. The minimum Gasteiger partial charge on any atom is -0.353 e. The Labute approximate surface area is 159 Å². The summed E-state index contributed by atoms with van der Waals surface area (Å²) in [5.41, 5.74) is 1.60. The van der Waals surface area contributed by atoms with Crippen LogP contribution in [0, 0.1) is 5.92 Å². The third-order valence-corrected chi connectivity index (χ3v) is 5.90. The van der Waals surface area contributed by atoms with Crippen LogP contribution in [0.15, 0.2) is 41.5 Å². The van der Waals surface area contributed by atoms with Crippen LogP contribution in [-0.2, 0) is 4.79 Å². The maximum Gasteiger partial charge on any atom is 0.267 e. The summed E-state index contributed by atoms with van der Waals surface area (Å²) in [5, 5.41) is 7.82. The van der Waals surface area contributed by atoms with E-state index in [2.05, 4.69) is 15.4 Å². The molecular weight excluding hydrogens is 340 g/mol. The van der Waals surface area contributed by atoms with E-state index in [4.69, 9.17) is 0 Å². The molecule has 2 heterocycles. The van der Waals surface area contributed by atoms with E-state index >= 15 is 0 Å². The molecule has 1 amide bonds. The molecule has 4 rings (SSSR count). The summed E-state index contributed by atoms with van der Waals surface area (Å²) >= 11 is 0. The molecule has 0 radical (unpaired) electrons. The Kier molecular flexibility index (Phi) is 5.32. The minimum absolute atomic E-state index is 0.0684. The molecule has 0 aliphatic heterocycles. The van der Waals surface area contributed by atoms with Crippen molar-refractivity contribution < 1.29 is 4.79 Å². The topological polar surface area (TPSA) is 76.9 Å². The van der Waals surface area contributed by atoms with Crippen LogP contribution in [-0.4, -0.2) is 26.7 Å². The fourth-order valence-corrected chi connectivity index (χ4v) is 4.33. The number of nitrogens with one attached hydrogen (secondary N) is 1. The largest absolute Gasteiger partial charge is 0.353 e. The van der Waals surface area contributed by atoms with Crippen molar-refractivity contribution in [1.29, 1.82) is 0 Å². The van der Waals surface area contributed by atoms with Crippen molar-refractivity contribution in [3.8, 4) is 11.3 Å². The molecule has 2 fully saturated rings. The predicted molar refractivity (Wildman–Crippen MR) is 103 cm³/mol. The highest BCUT2D eigenvalue weighted by atomic mass is 16.2. The number of carbonyl (C=O) groups is 1. The normalized spacial score (nSPS) is 23.3. The van der Waals surface area contributed by atoms with Crippen molar-refractivity contribution in [3.63, 3.8) is 0 Å². The van der Waals surface area contributed by atoms with Gasteiger partial charge in [0.1, 0.15) is 0 Å². The second-order valence-corrected chi connectivity index (χ2v) is 7.74. The molecule has 2 aromatic rings. The van der Waals surface area contributed by atoms with Gasteiger partial charge in [0.05, 0.1) is 11.7 Å². The first kappa shape index (κ1) is 17.9. The molecule has 0 saturated heterocycles. The summed E-state index contributed by atoms with van der Waals surface area (Å²) < 4.78 is 1.62. The third-order valence-electron chi connectivity index (χ3n) is 5.90. The van der Waals surface area contributed by atoms with Gasteiger partial charge in [-0.25, -0.2) is 4.68 Å². The second kappa shape index (κ2) is 8.03. The van der Waals surface area contributed by atoms with Crippen LogP contribution in [0.4, 0.5) is 0 Å². The van der Waals surface area contributed by atoms with E-state index in [1.165, 1.54) is 12.8 Å². The first-order valence-electron chi connectivity index (χ1n) is 10.0. The summed E-state index contributed by atoms with van der Waals surface area (Å²) in [4.78, 5) is 28.8. The average Bonchev–Trinajstić information content (AvgIpc) is 3.25. The first-order chi connectivity index (χ1) is 13.2. The zero-order valence-electron chi connectivity index (χ0n) is 15.5. The van der Waals surface area contributed by atoms with Crippen LogP contribution < -0.4 is 10.9 Å². The molecular formula is C21H26N4O2. The van der Waals surface area contributed by atoms with Crippen LogP contribution >= 0.6 is 0 Å². The van der Waals surface area contributed by atoms with Crippen LogP contribution in [0.1, 0.15) is 57.4 Å². The van der Waals surface area contributed by atoms with Gasteiger partial charge in [0.2, 0.25) is 5.91 Å². The van der Waals surface area contributed by atoms with Crippen LogP contribution in [0.2, 0.25) is 0 Å². The zero-order chi connectivity index (χ0) is 18.6. The van der Waals surface area contributed by atoms with E-state index in [1.54, 1.807) is 29.2 Å². The molecule has 2 aliphatic carbocycles. The molecule has 0 aromatic carbocycles. The Hall–Kier alpha value is -2.50. The van der Waals surface area contributed by atoms with Gasteiger partial charge in [0, 0.05) is 36.0 Å². The Morgan fingerprint density at radius 2 is 1.81 bits per heavy atom. The van der Waals surface area contributed by atoms with Gasteiger partial charge in [-0.15, -0.1) is 0 Å². The van der Waals surface area contributed by atoms with Crippen molar-refractivity contribution in [3.05, 3.63) is 47.0 Å². The van der Waals surface area contributed by atoms with E-state index in [1.807, 2.05) is 12.1 Å². The summed E-state index contributed by atoms with van der Waals surface area (Å²) in [6, 6.07) is 7.47. The molecule has 6 heteroatoms. The third kappa shape index (κ3) is 4.10. The van der Waals surface area contributed by atoms with E-state index in [9.17, 15) is 9.59 Å². The smallest absolute Gasteiger partial charge is 0.267 e. The Balaban J connectivity index is 1.40. The lowest BCUT2D eigenvalue weighted by atomic mass is 9.90. The molecule has 2 aliphatic rings. The molecule has 2 aromatic heterocycles. The van der Waals surface area contributed by atoms with E-state index in [0.29, 0.717) is 0 Å². The number of aromatic nitrogens is 3. The van der Waals surface area contributed by atoms with Gasteiger partial charge < -0.3 is 5.32 Å². The van der Waals surface area contributed by atoms with Gasteiger partial charge in [-0.3, -0.25) is 14.6 Å². The highest BCUT2D eigenvalue weighted by Crippen LogP contribution is 2.29. The highest BCUT2D eigenvalue weighted by Gasteiger charge is 2.28. The molecule has 0 unspecified atom stereocenters. The Bertz CT molecular complexity index is 835. The minimum atomic E-state index is -0.0684. The van der Waals surface area contributed by atoms with Crippen LogP contribution in [0.5, 0.6) is 0 Å². The number of carbonyl (C=O) groups excluding carboxylic acids is 1. The van der Waals surface area contributed by atoms with E-state index in [-0.39, 0.29) is 29.5 Å². The van der Waals surface area contributed by atoms with Crippen molar-refractivity contribution in [2.75, 3.05) is 0 Å². The van der Waals surface area contributed by atoms with Gasteiger partial charge in [-0.2, -0.15) is 5.10 Å². The van der Waals surface area contributed by atoms with Gasteiger partial charge >= 0.3 is 0 Å². The molecule has 2 saturated carbocycles. The summed E-state index contributed by atoms with van der Waals surface area (Å²) in [6.45, 7) is 0. The fourth-order valence-electron chi connectivity index (χ4n) is 4.33. The Morgan fingerprint density at radius 3 is 2.52 bits per heavy atom. The molecule has 0 bridgehead atoms. The quantitative estimate of drug-likeness (QED) is 0.902. The maximum absolute atomic E-state index is 12.4. The number of amides is 1. The number of pyridine rings is 1. The second-order valence-electron chi connectivity index (χ2n) is 7.74. The number of hydrogen-bond acceptors (Lipinski definition) is 4. The number of nitrogens with zero attached hydrogens (tertiary/aromatic N) is 3. The van der Waals surface area contributed by atoms with Gasteiger partial charge in [0.25, 0.3) is 5.56 Å². The molecule has 0 atom stereocenters. The molecule has 6 nitrogen and oxygen atoms in total. The van der Waals surface area contributed by atoms with Crippen LogP contribution in [0.25, 0.3) is 11.3 Å². The summed E-state index contributed by atoms with van der Waals surface area (Å²) in [5.74, 6) is 0.438. The standard InChI is InChI=1S/C21H26N4O2/c26-20-12-11-19(16-6-3-13-22-14-16)24-25(20)18-9-7-17(8-10-18)23-21(27)15-4-1-2-5-15/h3,6,11-15,17-18H,1-2,4-5,7-10H2,(H,23,27). The SMILES string of the molecule is O=C(NC1CCC(n2nc(-c3cccnc3)ccc2=O)CC1)C1CCCC1. The average molecular weight is 366 g/mol. The lowest BCUT2D eigenvalue weighted by Crippen LogP contribution is -2.41. The van der Waals surface area contributed by atoms with Gasteiger partial charge in [-0.1, -0.05) is 12.8 Å². The van der Waals surface area contributed by atoms with Gasteiger partial charge in [-0.05, 0) is 56.7 Å². The van der Waals surface area contributed by atoms with Crippen molar-refractivity contribution in [1.82, 2.24) is 20.1 Å². The Morgan fingerprint density at radius 1 is 1.04 bits per heavy atom. The molecule has 1 N–H and O–H groups in total. The number of rotatable bonds is 4. The van der Waals surface area contributed by atoms with E-state index < -0.39 is 0 Å². The van der Waals surface area contributed by atoms with Gasteiger partial charge in [0.15, 0.2) is 0 Å². The fraction of sp³-hybridized carbons (Fsp3) is 0.524. The highest BCUT2D eigenvalue weighted by molar-refractivity contribution is 5.79. The summed E-state index contributed by atoms with van der Waals surface area (Å²) in [7, 11) is 0. The van der Waals surface area contributed by atoms with E-state index in [0.717, 1.165) is 49.8 Å². The lowest BCUT2D eigenvalue weighted by Gasteiger charge is -2.30. The van der Waals surface area contributed by atoms with Crippen LogP contribution in [0.3, 0.4) is 0 Å². The van der Waals surface area contributed by atoms with Crippen molar-refractivity contribution in [2.45, 2.75) is 63.5 Å². The molecule has 142 valence electrons. The summed E-state index contributed by atoms with van der Waals surface area (Å²) in [6.07, 6.45) is 11.4. The maximum atomic E-state index is 12.4. The lowest BCUT2D eigenvalue weighted by molar-refractivity contribution is -0.125.